The van der Waals surface area contributed by atoms with Crippen LogP contribution in [0.3, 0.4) is 0 Å². The van der Waals surface area contributed by atoms with Crippen LogP contribution in [0.4, 0.5) is 0 Å². The van der Waals surface area contributed by atoms with E-state index >= 15 is 0 Å². The zero-order chi connectivity index (χ0) is 19.1. The van der Waals surface area contributed by atoms with E-state index in [2.05, 4.69) is 41.2 Å². The van der Waals surface area contributed by atoms with Crippen LogP contribution in [0.25, 0.3) is 10.9 Å². The second-order valence-electron chi connectivity index (χ2n) is 7.46. The van der Waals surface area contributed by atoms with Crippen LogP contribution >= 0.6 is 0 Å². The largest absolute Gasteiger partial charge is 0.379 e. The summed E-state index contributed by atoms with van der Waals surface area (Å²) < 4.78 is 5.51. The van der Waals surface area contributed by atoms with Gasteiger partial charge in [-0.3, -0.25) is 9.69 Å². The predicted molar refractivity (Wildman–Crippen MR) is 110 cm³/mol. The number of fused-ring (bicyclic) bond motifs is 1. The quantitative estimate of drug-likeness (QED) is 0.711. The Morgan fingerprint density at radius 2 is 1.96 bits per heavy atom. The van der Waals surface area contributed by atoms with Gasteiger partial charge in [-0.25, -0.2) is 0 Å². The maximum absolute atomic E-state index is 12.5. The van der Waals surface area contributed by atoms with E-state index in [0.29, 0.717) is 18.4 Å². The molecule has 2 N–H and O–H groups in total. The van der Waals surface area contributed by atoms with Gasteiger partial charge in [0.15, 0.2) is 0 Å². The fraction of sp³-hybridized carbons (Fsp3) is 0.591. The summed E-state index contributed by atoms with van der Waals surface area (Å²) >= 11 is 0. The molecule has 0 radical (unpaired) electrons. The van der Waals surface area contributed by atoms with E-state index in [9.17, 15) is 4.79 Å². The maximum atomic E-state index is 12.5. The third-order valence-corrected chi connectivity index (χ3v) is 5.91. The molecule has 148 valence electrons. The number of morpholine rings is 1. The van der Waals surface area contributed by atoms with Gasteiger partial charge in [-0.15, -0.1) is 0 Å². The van der Waals surface area contributed by atoms with Crippen LogP contribution in [-0.2, 0) is 16.0 Å². The number of nitrogens with one attached hydrogen (secondary N) is 2. The number of amides is 1. The molecule has 1 aliphatic heterocycles. The molecule has 1 aromatic carbocycles. The van der Waals surface area contributed by atoms with Gasteiger partial charge in [0.25, 0.3) is 0 Å². The molecule has 1 saturated heterocycles. The molecule has 1 atom stereocenters. The molecule has 1 aromatic heterocycles. The number of benzene rings is 1. The van der Waals surface area contributed by atoms with Gasteiger partial charge in [0, 0.05) is 49.2 Å². The SMILES string of the molecule is CCC(CC)C(CNC(=O)CCc1c[nH]c2ccccc12)N1CCOCC1. The number of carbonyl (C=O) groups excluding carboxylic acids is 1. The highest BCUT2D eigenvalue weighted by atomic mass is 16.5. The Labute approximate surface area is 162 Å². The number of para-hydroxylation sites is 1. The van der Waals surface area contributed by atoms with Crippen LogP contribution in [0.5, 0.6) is 0 Å². The van der Waals surface area contributed by atoms with E-state index in [-0.39, 0.29) is 5.91 Å². The fourth-order valence-corrected chi connectivity index (χ4v) is 4.23. The highest BCUT2D eigenvalue weighted by molar-refractivity contribution is 5.84. The molecule has 1 amide bonds. The third kappa shape index (κ3) is 5.11. The van der Waals surface area contributed by atoms with E-state index < -0.39 is 0 Å². The Morgan fingerprint density at radius 1 is 1.22 bits per heavy atom. The summed E-state index contributed by atoms with van der Waals surface area (Å²) in [6.45, 7) is 8.76. The number of nitrogens with zero attached hydrogens (tertiary/aromatic N) is 1. The molecule has 1 fully saturated rings. The zero-order valence-electron chi connectivity index (χ0n) is 16.7. The van der Waals surface area contributed by atoms with E-state index in [1.165, 1.54) is 10.9 Å². The van der Waals surface area contributed by atoms with E-state index in [1.54, 1.807) is 0 Å². The van der Waals surface area contributed by atoms with Crippen LogP contribution in [0.1, 0.15) is 38.7 Å². The lowest BCUT2D eigenvalue weighted by Gasteiger charge is -2.38. The summed E-state index contributed by atoms with van der Waals surface area (Å²) in [4.78, 5) is 18.3. The van der Waals surface area contributed by atoms with E-state index in [4.69, 9.17) is 4.74 Å². The van der Waals surface area contributed by atoms with Crippen molar-refractivity contribution in [2.45, 2.75) is 45.6 Å². The lowest BCUT2D eigenvalue weighted by molar-refractivity contribution is -0.121. The molecule has 2 heterocycles. The van der Waals surface area contributed by atoms with Crippen molar-refractivity contribution in [2.24, 2.45) is 5.92 Å². The Balaban J connectivity index is 1.53. The Hall–Kier alpha value is -1.85. The van der Waals surface area contributed by atoms with E-state index in [1.807, 2.05) is 18.3 Å². The number of aromatic amines is 1. The summed E-state index contributed by atoms with van der Waals surface area (Å²) in [7, 11) is 0. The first-order valence-corrected chi connectivity index (χ1v) is 10.4. The molecule has 27 heavy (non-hydrogen) atoms. The van der Waals surface area contributed by atoms with Crippen LogP contribution in [-0.4, -0.2) is 54.7 Å². The minimum Gasteiger partial charge on any atom is -0.379 e. The topological polar surface area (TPSA) is 57.4 Å². The zero-order valence-corrected chi connectivity index (χ0v) is 16.7. The minimum absolute atomic E-state index is 0.143. The van der Waals surface area contributed by atoms with Crippen molar-refractivity contribution >= 4 is 16.8 Å². The first-order chi connectivity index (χ1) is 13.2. The van der Waals surface area contributed by atoms with Crippen molar-refractivity contribution in [1.29, 1.82) is 0 Å². The summed E-state index contributed by atoms with van der Waals surface area (Å²) in [6.07, 6.45) is 5.61. The number of rotatable bonds is 9. The van der Waals surface area contributed by atoms with Gasteiger partial charge < -0.3 is 15.0 Å². The van der Waals surface area contributed by atoms with Gasteiger partial charge in [0.1, 0.15) is 0 Å². The van der Waals surface area contributed by atoms with Crippen molar-refractivity contribution in [3.63, 3.8) is 0 Å². The van der Waals surface area contributed by atoms with Crippen molar-refractivity contribution in [2.75, 3.05) is 32.8 Å². The number of hydrogen-bond donors (Lipinski definition) is 2. The average Bonchev–Trinajstić information content (AvgIpc) is 3.13. The molecule has 5 heteroatoms. The molecule has 0 spiro atoms. The van der Waals surface area contributed by atoms with Crippen molar-refractivity contribution < 1.29 is 9.53 Å². The molecule has 3 rings (SSSR count). The number of carbonyl (C=O) groups is 1. The number of aryl methyl sites for hydroxylation is 1. The van der Waals surface area contributed by atoms with Gasteiger partial charge in [0.05, 0.1) is 13.2 Å². The first kappa shape index (κ1) is 19.9. The molecule has 2 aromatic rings. The Morgan fingerprint density at radius 3 is 2.70 bits per heavy atom. The molecule has 5 nitrogen and oxygen atoms in total. The van der Waals surface area contributed by atoms with Crippen LogP contribution in [0, 0.1) is 5.92 Å². The summed E-state index contributed by atoms with van der Waals surface area (Å²) in [5, 5.41) is 4.42. The lowest BCUT2D eigenvalue weighted by Crippen LogP contribution is -2.52. The van der Waals surface area contributed by atoms with Crippen molar-refractivity contribution in [3.8, 4) is 0 Å². The van der Waals surface area contributed by atoms with Gasteiger partial charge in [0.2, 0.25) is 5.91 Å². The summed E-state index contributed by atoms with van der Waals surface area (Å²) in [5.41, 5.74) is 2.35. The standard InChI is InChI=1S/C22H33N3O2/c1-3-17(4-2)21(25-11-13-27-14-12-25)16-24-22(26)10-9-18-15-23-20-8-6-5-7-19(18)20/h5-8,15,17,21,23H,3-4,9-14,16H2,1-2H3,(H,24,26). The number of hydrogen-bond acceptors (Lipinski definition) is 3. The Kier molecular flexibility index (Phi) is 7.30. The summed E-state index contributed by atoms with van der Waals surface area (Å²) in [6, 6.07) is 8.66. The molecule has 1 aliphatic rings. The highest BCUT2D eigenvalue weighted by Crippen LogP contribution is 2.21. The molecular weight excluding hydrogens is 338 g/mol. The second kappa shape index (κ2) is 9.90. The molecule has 0 bridgehead atoms. The molecule has 1 unspecified atom stereocenters. The fourth-order valence-electron chi connectivity index (χ4n) is 4.23. The highest BCUT2D eigenvalue weighted by Gasteiger charge is 2.27. The van der Waals surface area contributed by atoms with Crippen molar-refractivity contribution in [3.05, 3.63) is 36.0 Å². The normalized spacial score (nSPS) is 16.7. The number of ether oxygens (including phenoxy) is 1. The monoisotopic (exact) mass is 371 g/mol. The lowest BCUT2D eigenvalue weighted by atomic mass is 9.92. The van der Waals surface area contributed by atoms with Crippen molar-refractivity contribution in [1.82, 2.24) is 15.2 Å². The van der Waals surface area contributed by atoms with Gasteiger partial charge >= 0.3 is 0 Å². The van der Waals surface area contributed by atoms with Gasteiger partial charge in [-0.05, 0) is 24.0 Å². The first-order valence-electron chi connectivity index (χ1n) is 10.4. The van der Waals surface area contributed by atoms with Gasteiger partial charge in [-0.2, -0.15) is 0 Å². The third-order valence-electron chi connectivity index (χ3n) is 5.91. The van der Waals surface area contributed by atoms with Crippen LogP contribution < -0.4 is 5.32 Å². The molecular formula is C22H33N3O2. The maximum Gasteiger partial charge on any atom is 0.220 e. The number of H-pyrrole nitrogens is 1. The number of aromatic nitrogens is 1. The van der Waals surface area contributed by atoms with Gasteiger partial charge in [-0.1, -0.05) is 44.9 Å². The van der Waals surface area contributed by atoms with Crippen LogP contribution in [0.15, 0.2) is 30.5 Å². The smallest absolute Gasteiger partial charge is 0.220 e. The van der Waals surface area contributed by atoms with E-state index in [0.717, 1.165) is 57.6 Å². The molecule has 0 aliphatic carbocycles. The molecule has 0 saturated carbocycles. The van der Waals surface area contributed by atoms with Crippen LogP contribution in [0.2, 0.25) is 0 Å². The Bertz CT molecular complexity index is 717. The average molecular weight is 372 g/mol. The second-order valence-corrected chi connectivity index (χ2v) is 7.46. The minimum atomic E-state index is 0.143. The predicted octanol–water partition coefficient (Wildman–Crippen LogP) is 3.35. The summed E-state index contributed by atoms with van der Waals surface area (Å²) in [5.74, 6) is 0.751.